The Labute approximate surface area is 247 Å². The van der Waals surface area contributed by atoms with E-state index in [0.29, 0.717) is 22.4 Å². The van der Waals surface area contributed by atoms with Crippen LogP contribution in [0.2, 0.25) is 0 Å². The van der Waals surface area contributed by atoms with Crippen LogP contribution in [0, 0.1) is 23.7 Å². The number of anilines is 1. The molecular weight excluding hydrogens is 578 g/mol. The van der Waals surface area contributed by atoms with Crippen molar-refractivity contribution in [2.24, 2.45) is 17.6 Å². The number of nitrogens with two attached hydrogens (primary N) is 1. The number of phenols is 1. The Bertz CT molecular complexity index is 1830. The molecule has 43 heavy (non-hydrogen) atoms. The molecule has 7 N–H and O–H groups in total. The number of primary amides is 1. The fourth-order valence-electron chi connectivity index (χ4n) is 6.34. The SMILES string of the molecule is CN(C)[C@H]1C(=O)C(C(N)=O)=C(O)[C@@]2(O)C(=O)C3=C(O)c4c(O)ccc(C#Cc5ccc(NS(C)(=O)=O)cc5)c4C[C@@H]3C[C@@H]12. The largest absolute Gasteiger partial charge is 0.508 e. The maximum absolute atomic E-state index is 13.9. The maximum Gasteiger partial charge on any atom is 0.255 e. The third-order valence-corrected chi connectivity index (χ3v) is 8.74. The Morgan fingerprint density at radius 2 is 1.72 bits per heavy atom. The molecule has 1 fully saturated rings. The van der Waals surface area contributed by atoms with Crippen LogP contribution < -0.4 is 10.5 Å². The number of ketones is 2. The molecular formula is C30H29N3O9S. The summed E-state index contributed by atoms with van der Waals surface area (Å²) in [5.41, 5.74) is 3.24. The van der Waals surface area contributed by atoms with E-state index in [0.717, 1.165) is 6.26 Å². The van der Waals surface area contributed by atoms with Gasteiger partial charge in [-0.25, -0.2) is 8.42 Å². The number of hydrogen-bond acceptors (Lipinski definition) is 10. The van der Waals surface area contributed by atoms with Gasteiger partial charge in [-0.3, -0.25) is 24.0 Å². The molecule has 1 amide bonds. The van der Waals surface area contributed by atoms with Crippen molar-refractivity contribution in [1.29, 1.82) is 0 Å². The highest BCUT2D eigenvalue weighted by Crippen LogP contribution is 2.52. The number of aliphatic hydroxyl groups is 3. The number of carbonyl (C=O) groups excluding carboxylic acids is 3. The predicted octanol–water partition coefficient (Wildman–Crippen LogP) is 0.735. The van der Waals surface area contributed by atoms with Crippen molar-refractivity contribution in [3.63, 3.8) is 0 Å². The Balaban J connectivity index is 1.60. The predicted molar refractivity (Wildman–Crippen MR) is 155 cm³/mol. The molecule has 4 atom stereocenters. The number of amides is 1. The van der Waals surface area contributed by atoms with Crippen molar-refractivity contribution >= 4 is 38.9 Å². The van der Waals surface area contributed by atoms with E-state index < -0.39 is 68.1 Å². The maximum atomic E-state index is 13.9. The lowest BCUT2D eigenvalue weighted by Gasteiger charge is -2.50. The van der Waals surface area contributed by atoms with Gasteiger partial charge in [0.1, 0.15) is 22.8 Å². The molecule has 1 saturated carbocycles. The van der Waals surface area contributed by atoms with Gasteiger partial charge < -0.3 is 26.2 Å². The van der Waals surface area contributed by atoms with Crippen LogP contribution in [-0.2, 0) is 30.8 Å². The van der Waals surface area contributed by atoms with Crippen LogP contribution in [0.25, 0.3) is 5.76 Å². The number of nitrogens with zero attached hydrogens (tertiary/aromatic N) is 1. The zero-order chi connectivity index (χ0) is 31.6. The molecule has 224 valence electrons. The number of aliphatic hydroxyl groups excluding tert-OH is 2. The molecule has 0 bridgehead atoms. The topological polar surface area (TPSA) is 208 Å². The van der Waals surface area contributed by atoms with Gasteiger partial charge >= 0.3 is 0 Å². The minimum absolute atomic E-state index is 0.0386. The third kappa shape index (κ3) is 4.83. The first kappa shape index (κ1) is 29.8. The molecule has 2 aromatic rings. The van der Waals surface area contributed by atoms with Crippen molar-refractivity contribution < 1.29 is 43.2 Å². The lowest BCUT2D eigenvalue weighted by Crippen LogP contribution is -2.65. The summed E-state index contributed by atoms with van der Waals surface area (Å²) in [6, 6.07) is 8.01. The minimum atomic E-state index is -3.45. The summed E-state index contributed by atoms with van der Waals surface area (Å²) in [5, 5.41) is 44.7. The van der Waals surface area contributed by atoms with Crippen molar-refractivity contribution in [3.05, 3.63) is 75.6 Å². The third-order valence-electron chi connectivity index (χ3n) is 8.13. The minimum Gasteiger partial charge on any atom is -0.508 e. The lowest BCUT2D eigenvalue weighted by atomic mass is 9.57. The average molecular weight is 608 g/mol. The quantitative estimate of drug-likeness (QED) is 0.212. The van der Waals surface area contributed by atoms with Crippen molar-refractivity contribution in [1.82, 2.24) is 4.90 Å². The summed E-state index contributed by atoms with van der Waals surface area (Å²) in [4.78, 5) is 40.7. The number of carbonyl (C=O) groups is 3. The van der Waals surface area contributed by atoms with Crippen LogP contribution >= 0.6 is 0 Å². The molecule has 2 aromatic carbocycles. The second-order valence-corrected chi connectivity index (χ2v) is 12.9. The first-order chi connectivity index (χ1) is 20.1. The van der Waals surface area contributed by atoms with Crippen molar-refractivity contribution in [3.8, 4) is 17.6 Å². The normalized spacial score (nSPS) is 25.0. The molecule has 5 rings (SSSR count). The summed E-state index contributed by atoms with van der Waals surface area (Å²) in [5.74, 6) is -1.25. The average Bonchev–Trinajstić information content (AvgIpc) is 2.90. The number of hydrogen-bond donors (Lipinski definition) is 6. The van der Waals surface area contributed by atoms with E-state index in [1.807, 2.05) is 0 Å². The number of aromatic hydroxyl groups is 1. The van der Waals surface area contributed by atoms with Crippen LogP contribution in [0.1, 0.15) is 28.7 Å². The van der Waals surface area contributed by atoms with E-state index in [-0.39, 0.29) is 29.7 Å². The standard InChI is InChI=1S/C30H29N3O9S/c1-33(2)24-19-13-16-12-18-15(7-4-14-5-9-17(10-6-14)32-43(3,41)42)8-11-20(34)22(18)25(35)21(16)27(37)30(19,40)28(38)23(26(24)36)29(31)39/h5-6,8-11,16,19,24,32,34-35,38,40H,12-13H2,1-3H3,(H2,31,39)/t16-,19+,24-,30+/m1/s1. The zero-order valence-electron chi connectivity index (χ0n) is 23.4. The Hall–Kier alpha value is -4.64. The Morgan fingerprint density at radius 3 is 2.30 bits per heavy atom. The molecule has 0 aromatic heterocycles. The summed E-state index contributed by atoms with van der Waals surface area (Å²) in [7, 11) is -0.385. The highest BCUT2D eigenvalue weighted by molar-refractivity contribution is 7.92. The van der Waals surface area contributed by atoms with Crippen LogP contribution in [0.5, 0.6) is 5.75 Å². The van der Waals surface area contributed by atoms with Crippen LogP contribution in [0.3, 0.4) is 0 Å². The first-order valence-electron chi connectivity index (χ1n) is 13.2. The molecule has 0 aliphatic heterocycles. The highest BCUT2D eigenvalue weighted by Gasteiger charge is 2.64. The summed E-state index contributed by atoms with van der Waals surface area (Å²) in [6.45, 7) is 0. The second kappa shape index (κ2) is 10.3. The number of fused-ring (bicyclic) bond motifs is 3. The van der Waals surface area contributed by atoms with Gasteiger partial charge in [-0.15, -0.1) is 0 Å². The van der Waals surface area contributed by atoms with Gasteiger partial charge in [0.05, 0.1) is 17.9 Å². The van der Waals surface area contributed by atoms with Gasteiger partial charge in [0.15, 0.2) is 11.4 Å². The molecule has 13 heteroatoms. The lowest BCUT2D eigenvalue weighted by molar-refractivity contribution is -0.153. The zero-order valence-corrected chi connectivity index (χ0v) is 24.2. The second-order valence-electron chi connectivity index (χ2n) is 11.1. The fourth-order valence-corrected chi connectivity index (χ4v) is 6.90. The van der Waals surface area contributed by atoms with Gasteiger partial charge in [-0.2, -0.15) is 0 Å². The smallest absolute Gasteiger partial charge is 0.255 e. The number of nitrogens with one attached hydrogen (secondary N) is 1. The van der Waals surface area contributed by atoms with E-state index in [9.17, 15) is 43.2 Å². The first-order valence-corrected chi connectivity index (χ1v) is 15.0. The van der Waals surface area contributed by atoms with E-state index in [4.69, 9.17) is 5.73 Å². The van der Waals surface area contributed by atoms with Crippen molar-refractivity contribution in [2.75, 3.05) is 25.1 Å². The molecule has 0 saturated heterocycles. The molecule has 0 spiro atoms. The summed E-state index contributed by atoms with van der Waals surface area (Å²) >= 11 is 0. The van der Waals surface area contributed by atoms with Gasteiger partial charge in [-0.05, 0) is 74.8 Å². The van der Waals surface area contributed by atoms with E-state index >= 15 is 0 Å². The number of sulfonamides is 1. The summed E-state index contributed by atoms with van der Waals surface area (Å²) < 4.78 is 25.3. The number of phenolic OH excluding ortho intramolecular Hbond substituents is 1. The molecule has 0 unspecified atom stereocenters. The highest BCUT2D eigenvalue weighted by atomic mass is 32.2. The van der Waals surface area contributed by atoms with Crippen molar-refractivity contribution in [2.45, 2.75) is 24.5 Å². The van der Waals surface area contributed by atoms with E-state index in [2.05, 4.69) is 16.6 Å². The molecule has 0 radical (unpaired) electrons. The van der Waals surface area contributed by atoms with Crippen LogP contribution in [-0.4, -0.2) is 83.2 Å². The Morgan fingerprint density at radius 1 is 1.07 bits per heavy atom. The van der Waals surface area contributed by atoms with Gasteiger partial charge in [0.2, 0.25) is 15.8 Å². The monoisotopic (exact) mass is 607 g/mol. The molecule has 3 aliphatic rings. The number of Topliss-reactive ketones (excluding diaryl/α,β-unsaturated/α-hetero) is 2. The van der Waals surface area contributed by atoms with Gasteiger partial charge in [0.25, 0.3) is 5.91 Å². The fraction of sp³-hybridized carbons (Fsp3) is 0.300. The number of benzene rings is 2. The Kier molecular flexibility index (Phi) is 7.12. The van der Waals surface area contributed by atoms with Crippen LogP contribution in [0.4, 0.5) is 5.69 Å². The molecule has 3 aliphatic carbocycles. The van der Waals surface area contributed by atoms with E-state index in [1.54, 1.807) is 30.3 Å². The van der Waals surface area contributed by atoms with E-state index in [1.165, 1.54) is 25.1 Å². The molecule has 12 nitrogen and oxygen atoms in total. The molecule has 0 heterocycles. The van der Waals surface area contributed by atoms with Gasteiger partial charge in [-0.1, -0.05) is 11.8 Å². The van der Waals surface area contributed by atoms with Gasteiger partial charge in [0, 0.05) is 28.3 Å². The number of likely N-dealkylation sites (N-methyl/N-ethyl adjacent to an activating group) is 1. The summed E-state index contributed by atoms with van der Waals surface area (Å²) in [6.07, 6.45) is 1.10. The number of rotatable bonds is 4. The van der Waals surface area contributed by atoms with Crippen LogP contribution in [0.15, 0.2) is 53.3 Å².